The molecular formula is C18H29N3. The molecule has 2 aliphatic heterocycles. The van der Waals surface area contributed by atoms with Crippen molar-refractivity contribution in [1.82, 2.24) is 9.80 Å². The second kappa shape index (κ2) is 6.47. The highest BCUT2D eigenvalue weighted by atomic mass is 15.3. The molecule has 2 aliphatic rings. The van der Waals surface area contributed by atoms with Crippen LogP contribution in [0.15, 0.2) is 18.2 Å². The van der Waals surface area contributed by atoms with Crippen molar-refractivity contribution in [2.45, 2.75) is 45.2 Å². The maximum Gasteiger partial charge on any atom is 0.0307 e. The lowest BCUT2D eigenvalue weighted by Gasteiger charge is -2.37. The van der Waals surface area contributed by atoms with E-state index < -0.39 is 0 Å². The minimum atomic E-state index is 0.171. The van der Waals surface area contributed by atoms with Crippen LogP contribution in [0.5, 0.6) is 0 Å². The molecule has 0 radical (unpaired) electrons. The first-order chi connectivity index (χ1) is 10.1. The third-order valence-corrected chi connectivity index (χ3v) is 5.10. The lowest BCUT2D eigenvalue weighted by molar-refractivity contribution is 0.102. The Hall–Kier alpha value is -0.900. The van der Waals surface area contributed by atoms with Crippen LogP contribution in [-0.2, 0) is 0 Å². The summed E-state index contributed by atoms with van der Waals surface area (Å²) in [5.41, 5.74) is 10.4. The van der Waals surface area contributed by atoms with Crippen LogP contribution in [0.3, 0.4) is 0 Å². The molecule has 0 spiro atoms. The second-order valence-corrected chi connectivity index (χ2v) is 6.95. The standard InChI is InChI=1S/C18H29N3/c1-14-10-15(2)12-16(11-14)18(19)5-7-20-8-9-21-6-3-4-17(21)13-20/h10-12,17-18H,3-9,13,19H2,1-2H3. The number of nitrogens with two attached hydrogens (primary N) is 1. The third-order valence-electron chi connectivity index (χ3n) is 5.10. The van der Waals surface area contributed by atoms with Crippen LogP contribution in [0.2, 0.25) is 0 Å². The maximum absolute atomic E-state index is 6.42. The molecule has 2 unspecified atom stereocenters. The van der Waals surface area contributed by atoms with Gasteiger partial charge in [-0.2, -0.15) is 0 Å². The molecule has 0 amide bonds. The highest BCUT2D eigenvalue weighted by molar-refractivity contribution is 5.30. The normalized spacial score (nSPS) is 25.0. The summed E-state index contributed by atoms with van der Waals surface area (Å²) in [6.45, 7) is 10.5. The van der Waals surface area contributed by atoms with Crippen molar-refractivity contribution < 1.29 is 0 Å². The molecule has 0 saturated carbocycles. The molecule has 0 aliphatic carbocycles. The molecule has 2 heterocycles. The predicted octanol–water partition coefficient (Wildman–Crippen LogP) is 2.47. The smallest absolute Gasteiger partial charge is 0.0307 e. The number of rotatable bonds is 4. The van der Waals surface area contributed by atoms with Gasteiger partial charge in [0.1, 0.15) is 0 Å². The van der Waals surface area contributed by atoms with Gasteiger partial charge in [-0.1, -0.05) is 29.3 Å². The SMILES string of the molecule is Cc1cc(C)cc(C(N)CCN2CCN3CCCC3C2)c1. The van der Waals surface area contributed by atoms with E-state index in [9.17, 15) is 0 Å². The second-order valence-electron chi connectivity index (χ2n) is 6.95. The summed E-state index contributed by atoms with van der Waals surface area (Å²) in [4.78, 5) is 5.29. The first-order valence-corrected chi connectivity index (χ1v) is 8.42. The summed E-state index contributed by atoms with van der Waals surface area (Å²) in [7, 11) is 0. The monoisotopic (exact) mass is 287 g/mol. The minimum Gasteiger partial charge on any atom is -0.324 e. The third kappa shape index (κ3) is 3.65. The topological polar surface area (TPSA) is 32.5 Å². The fraction of sp³-hybridized carbons (Fsp3) is 0.667. The summed E-state index contributed by atoms with van der Waals surface area (Å²) in [5.74, 6) is 0. The molecule has 3 heteroatoms. The Morgan fingerprint density at radius 3 is 2.67 bits per heavy atom. The van der Waals surface area contributed by atoms with E-state index in [2.05, 4.69) is 41.8 Å². The quantitative estimate of drug-likeness (QED) is 0.923. The summed E-state index contributed by atoms with van der Waals surface area (Å²) in [6.07, 6.45) is 3.84. The van der Waals surface area contributed by atoms with E-state index in [1.807, 2.05) is 0 Å². The van der Waals surface area contributed by atoms with Crippen molar-refractivity contribution in [3.63, 3.8) is 0 Å². The number of aryl methyl sites for hydroxylation is 2. The summed E-state index contributed by atoms with van der Waals surface area (Å²) in [5, 5.41) is 0. The number of piperazine rings is 1. The first-order valence-electron chi connectivity index (χ1n) is 8.42. The van der Waals surface area contributed by atoms with Gasteiger partial charge in [-0.05, 0) is 45.2 Å². The summed E-state index contributed by atoms with van der Waals surface area (Å²) in [6, 6.07) is 7.69. The molecule has 2 N–H and O–H groups in total. The van der Waals surface area contributed by atoms with Crippen molar-refractivity contribution in [3.05, 3.63) is 34.9 Å². The van der Waals surface area contributed by atoms with Gasteiger partial charge in [0.05, 0.1) is 0 Å². The predicted molar refractivity (Wildman–Crippen MR) is 88.5 cm³/mol. The first kappa shape index (κ1) is 15.0. The molecule has 2 fully saturated rings. The van der Waals surface area contributed by atoms with Crippen LogP contribution in [-0.4, -0.2) is 48.6 Å². The van der Waals surface area contributed by atoms with E-state index in [0.717, 1.165) is 19.0 Å². The van der Waals surface area contributed by atoms with Crippen molar-refractivity contribution in [3.8, 4) is 0 Å². The van der Waals surface area contributed by atoms with Crippen molar-refractivity contribution in [1.29, 1.82) is 0 Å². The lowest BCUT2D eigenvalue weighted by Crippen LogP contribution is -2.50. The molecule has 1 aromatic rings. The average Bonchev–Trinajstić information content (AvgIpc) is 2.91. The van der Waals surface area contributed by atoms with Crippen molar-refractivity contribution >= 4 is 0 Å². The van der Waals surface area contributed by atoms with Gasteiger partial charge >= 0.3 is 0 Å². The van der Waals surface area contributed by atoms with Crippen LogP contribution >= 0.6 is 0 Å². The number of fused-ring (bicyclic) bond motifs is 1. The zero-order valence-electron chi connectivity index (χ0n) is 13.5. The molecule has 0 bridgehead atoms. The van der Waals surface area contributed by atoms with E-state index in [1.54, 1.807) is 0 Å². The molecule has 116 valence electrons. The van der Waals surface area contributed by atoms with E-state index in [0.29, 0.717) is 0 Å². The molecule has 0 aromatic heterocycles. The number of hydrogen-bond donors (Lipinski definition) is 1. The van der Waals surface area contributed by atoms with Crippen LogP contribution < -0.4 is 5.73 Å². The average molecular weight is 287 g/mol. The Kier molecular flexibility index (Phi) is 4.63. The van der Waals surface area contributed by atoms with Gasteiger partial charge in [-0.25, -0.2) is 0 Å². The summed E-state index contributed by atoms with van der Waals surface area (Å²) >= 11 is 0. The van der Waals surface area contributed by atoms with Crippen LogP contribution in [0.1, 0.15) is 42.0 Å². The van der Waals surface area contributed by atoms with Gasteiger partial charge in [0.15, 0.2) is 0 Å². The van der Waals surface area contributed by atoms with Crippen molar-refractivity contribution in [2.24, 2.45) is 5.73 Å². The van der Waals surface area contributed by atoms with Gasteiger partial charge in [-0.3, -0.25) is 4.90 Å². The molecule has 3 rings (SSSR count). The van der Waals surface area contributed by atoms with E-state index in [4.69, 9.17) is 5.73 Å². The Bertz CT molecular complexity index is 465. The van der Waals surface area contributed by atoms with E-state index >= 15 is 0 Å². The van der Waals surface area contributed by atoms with Crippen LogP contribution in [0.4, 0.5) is 0 Å². The van der Waals surface area contributed by atoms with Gasteiger partial charge < -0.3 is 10.6 Å². The lowest BCUT2D eigenvalue weighted by atomic mass is 9.99. The molecule has 21 heavy (non-hydrogen) atoms. The molecule has 2 saturated heterocycles. The number of benzene rings is 1. The fourth-order valence-electron chi connectivity index (χ4n) is 3.97. The number of hydrogen-bond acceptors (Lipinski definition) is 3. The fourth-order valence-corrected chi connectivity index (χ4v) is 3.97. The molecule has 3 nitrogen and oxygen atoms in total. The summed E-state index contributed by atoms with van der Waals surface area (Å²) < 4.78 is 0. The Labute approximate surface area is 129 Å². The Balaban J connectivity index is 1.52. The van der Waals surface area contributed by atoms with Gasteiger partial charge in [-0.15, -0.1) is 0 Å². The molecule has 2 atom stereocenters. The minimum absolute atomic E-state index is 0.171. The van der Waals surface area contributed by atoms with Crippen LogP contribution in [0, 0.1) is 13.8 Å². The largest absolute Gasteiger partial charge is 0.324 e. The highest BCUT2D eigenvalue weighted by Crippen LogP contribution is 2.23. The van der Waals surface area contributed by atoms with Gasteiger partial charge in [0, 0.05) is 38.3 Å². The Morgan fingerprint density at radius 1 is 1.14 bits per heavy atom. The molecular weight excluding hydrogens is 258 g/mol. The van der Waals surface area contributed by atoms with Crippen LogP contribution in [0.25, 0.3) is 0 Å². The number of nitrogens with zero attached hydrogens (tertiary/aromatic N) is 2. The molecule has 1 aromatic carbocycles. The van der Waals surface area contributed by atoms with Crippen molar-refractivity contribution in [2.75, 3.05) is 32.7 Å². The zero-order valence-corrected chi connectivity index (χ0v) is 13.5. The van der Waals surface area contributed by atoms with E-state index in [-0.39, 0.29) is 6.04 Å². The zero-order chi connectivity index (χ0) is 14.8. The maximum atomic E-state index is 6.42. The van der Waals surface area contributed by atoms with Gasteiger partial charge in [0.25, 0.3) is 0 Å². The van der Waals surface area contributed by atoms with Gasteiger partial charge in [0.2, 0.25) is 0 Å². The highest BCUT2D eigenvalue weighted by Gasteiger charge is 2.30. The Morgan fingerprint density at radius 2 is 1.90 bits per heavy atom. The van der Waals surface area contributed by atoms with E-state index in [1.165, 1.54) is 55.7 Å².